The minimum atomic E-state index is -1.16. The van der Waals surface area contributed by atoms with Gasteiger partial charge in [-0.15, -0.1) is 0 Å². The summed E-state index contributed by atoms with van der Waals surface area (Å²) >= 11 is 0. The van der Waals surface area contributed by atoms with E-state index in [9.17, 15) is 24.3 Å². The van der Waals surface area contributed by atoms with Gasteiger partial charge in [-0.25, -0.2) is 9.59 Å². The minimum Gasteiger partial charge on any atom is -0.480 e. The average Bonchev–Trinajstić information content (AvgIpc) is 3.11. The number of ether oxygens (including phenoxy) is 1. The van der Waals surface area contributed by atoms with Crippen molar-refractivity contribution in [2.24, 2.45) is 11.8 Å². The quantitative estimate of drug-likeness (QED) is 0.655. The number of carboxylic acid groups (broad SMARTS) is 1. The number of ketones is 1. The lowest BCUT2D eigenvalue weighted by Gasteiger charge is -2.25. The molecule has 0 aromatic rings. The highest BCUT2D eigenvalue weighted by molar-refractivity contribution is 5.96. The molecule has 0 heterocycles. The Morgan fingerprint density at radius 2 is 1.69 bits per heavy atom. The van der Waals surface area contributed by atoms with Gasteiger partial charge in [0.25, 0.3) is 0 Å². The molecule has 2 aliphatic carbocycles. The number of hydrogen-bond acceptors (Lipinski definition) is 5. The van der Waals surface area contributed by atoms with E-state index in [1.54, 1.807) is 27.7 Å². The highest BCUT2D eigenvalue weighted by Crippen LogP contribution is 2.38. The van der Waals surface area contributed by atoms with Gasteiger partial charge in [0.1, 0.15) is 11.1 Å². The van der Waals surface area contributed by atoms with Gasteiger partial charge in [0.2, 0.25) is 5.91 Å². The molecule has 0 saturated heterocycles. The Bertz CT molecular complexity index is 605. The van der Waals surface area contributed by atoms with E-state index in [0.717, 1.165) is 0 Å². The summed E-state index contributed by atoms with van der Waals surface area (Å²) in [4.78, 5) is 48.3. The first kappa shape index (κ1) is 20.2. The van der Waals surface area contributed by atoms with Gasteiger partial charge in [-0.3, -0.25) is 9.59 Å². The summed E-state index contributed by atoms with van der Waals surface area (Å²) in [6.45, 7) is 6.75. The van der Waals surface area contributed by atoms with Crippen molar-refractivity contribution in [1.29, 1.82) is 0 Å². The summed E-state index contributed by atoms with van der Waals surface area (Å²) in [5, 5.41) is 14.3. The number of nitrogens with one attached hydrogen (secondary N) is 2. The van der Waals surface area contributed by atoms with Crippen LogP contribution in [-0.4, -0.2) is 46.0 Å². The zero-order valence-corrected chi connectivity index (χ0v) is 15.8. The van der Waals surface area contributed by atoms with Crippen LogP contribution in [0.15, 0.2) is 0 Å². The van der Waals surface area contributed by atoms with Crippen LogP contribution in [0.3, 0.4) is 0 Å². The van der Waals surface area contributed by atoms with Crippen molar-refractivity contribution in [3.8, 4) is 0 Å². The van der Waals surface area contributed by atoms with Crippen molar-refractivity contribution in [1.82, 2.24) is 10.6 Å². The molecule has 8 heteroatoms. The zero-order chi connectivity index (χ0) is 19.7. The lowest BCUT2D eigenvalue weighted by atomic mass is 9.88. The molecule has 3 atom stereocenters. The third-order valence-electron chi connectivity index (χ3n) is 4.90. The number of rotatable bonds is 6. The molecule has 2 amide bonds. The van der Waals surface area contributed by atoms with Gasteiger partial charge < -0.3 is 20.5 Å². The van der Waals surface area contributed by atoms with Crippen LogP contribution in [0.4, 0.5) is 4.79 Å². The van der Waals surface area contributed by atoms with Crippen molar-refractivity contribution < 1.29 is 29.0 Å². The van der Waals surface area contributed by atoms with Crippen LogP contribution < -0.4 is 10.6 Å². The van der Waals surface area contributed by atoms with Crippen LogP contribution in [0.2, 0.25) is 0 Å². The maximum atomic E-state index is 12.7. The largest absolute Gasteiger partial charge is 0.480 e. The molecule has 26 heavy (non-hydrogen) atoms. The number of carbonyl (C=O) groups is 4. The Morgan fingerprint density at radius 1 is 1.12 bits per heavy atom. The summed E-state index contributed by atoms with van der Waals surface area (Å²) in [5.74, 6) is -2.72. The summed E-state index contributed by atoms with van der Waals surface area (Å²) < 4.78 is 5.15. The predicted octanol–water partition coefficient (Wildman–Crippen LogP) is 1.62. The molecule has 3 unspecified atom stereocenters. The van der Waals surface area contributed by atoms with Crippen molar-refractivity contribution in [3.63, 3.8) is 0 Å². The van der Waals surface area contributed by atoms with Gasteiger partial charge >= 0.3 is 12.1 Å². The molecular weight excluding hydrogens is 340 g/mol. The number of aliphatic carboxylic acids is 1. The van der Waals surface area contributed by atoms with E-state index in [4.69, 9.17) is 4.74 Å². The van der Waals surface area contributed by atoms with E-state index < -0.39 is 41.1 Å². The van der Waals surface area contributed by atoms with Crippen LogP contribution >= 0.6 is 0 Å². The molecule has 0 spiro atoms. The molecular formula is C18H28N2O6. The van der Waals surface area contributed by atoms with Crippen LogP contribution in [0.5, 0.6) is 0 Å². The van der Waals surface area contributed by atoms with Gasteiger partial charge in [-0.1, -0.05) is 6.42 Å². The average molecular weight is 368 g/mol. The fourth-order valence-corrected chi connectivity index (χ4v) is 3.34. The molecule has 2 rings (SSSR count). The Balaban J connectivity index is 1.95. The Hall–Kier alpha value is -2.12. The molecule has 3 N–H and O–H groups in total. The van der Waals surface area contributed by atoms with E-state index in [0.29, 0.717) is 32.1 Å². The monoisotopic (exact) mass is 368 g/mol. The van der Waals surface area contributed by atoms with Crippen LogP contribution in [-0.2, 0) is 19.1 Å². The van der Waals surface area contributed by atoms with Crippen LogP contribution in [0.1, 0.15) is 59.8 Å². The van der Waals surface area contributed by atoms with E-state index in [1.165, 1.54) is 0 Å². The van der Waals surface area contributed by atoms with E-state index in [-0.39, 0.29) is 11.7 Å². The molecule has 2 saturated carbocycles. The lowest BCUT2D eigenvalue weighted by molar-refractivity contribution is -0.144. The van der Waals surface area contributed by atoms with E-state index in [1.807, 2.05) is 0 Å². The van der Waals surface area contributed by atoms with Gasteiger partial charge in [0.05, 0.1) is 6.04 Å². The predicted molar refractivity (Wildman–Crippen MR) is 92.4 cm³/mol. The van der Waals surface area contributed by atoms with Gasteiger partial charge in [0.15, 0.2) is 5.78 Å². The second-order valence-corrected chi connectivity index (χ2v) is 8.29. The Morgan fingerprint density at radius 3 is 2.19 bits per heavy atom. The van der Waals surface area contributed by atoms with Gasteiger partial charge in [-0.2, -0.15) is 0 Å². The van der Waals surface area contributed by atoms with Crippen LogP contribution in [0.25, 0.3) is 0 Å². The smallest absolute Gasteiger partial charge is 0.408 e. The minimum absolute atomic E-state index is 0.228. The van der Waals surface area contributed by atoms with E-state index >= 15 is 0 Å². The molecule has 0 bridgehead atoms. The highest BCUT2D eigenvalue weighted by atomic mass is 16.6. The van der Waals surface area contributed by atoms with E-state index in [2.05, 4.69) is 10.6 Å². The molecule has 0 aromatic carbocycles. The fraction of sp³-hybridized carbons (Fsp3) is 0.778. The lowest BCUT2D eigenvalue weighted by Crippen LogP contribution is -2.49. The first-order chi connectivity index (χ1) is 11.9. The number of hydrogen-bond donors (Lipinski definition) is 3. The summed E-state index contributed by atoms with van der Waals surface area (Å²) in [6.07, 6.45) is 1.95. The van der Waals surface area contributed by atoms with Crippen molar-refractivity contribution in [2.45, 2.75) is 77.0 Å². The normalized spacial score (nSPS) is 25.1. The third kappa shape index (κ3) is 4.74. The third-order valence-corrected chi connectivity index (χ3v) is 4.90. The van der Waals surface area contributed by atoms with Crippen LogP contribution in [0, 0.1) is 11.8 Å². The molecule has 2 aliphatic rings. The highest BCUT2D eigenvalue weighted by Gasteiger charge is 2.53. The molecule has 0 aromatic heterocycles. The molecule has 0 aliphatic heterocycles. The summed E-state index contributed by atoms with van der Waals surface area (Å²) in [6, 6.07) is -0.780. The molecule has 0 radical (unpaired) electrons. The second-order valence-electron chi connectivity index (χ2n) is 8.29. The second kappa shape index (κ2) is 7.25. The SMILES string of the molecule is CC(NC(=O)OC(C)(C)C)C(=O)C1CCCC1C(=O)NC1(C(=O)O)CC1. The zero-order valence-electron chi connectivity index (χ0n) is 15.8. The van der Waals surface area contributed by atoms with Crippen molar-refractivity contribution in [2.75, 3.05) is 0 Å². The number of carboxylic acids is 1. The maximum Gasteiger partial charge on any atom is 0.408 e. The molecule has 2 fully saturated rings. The Kier molecular flexibility index (Phi) is 5.63. The number of Topliss-reactive ketones (excluding diaryl/α,β-unsaturated/α-hetero) is 1. The maximum absolute atomic E-state index is 12.7. The topological polar surface area (TPSA) is 122 Å². The summed E-state index contributed by atoms with van der Waals surface area (Å²) in [5.41, 5.74) is -1.83. The fourth-order valence-electron chi connectivity index (χ4n) is 3.34. The first-order valence-electron chi connectivity index (χ1n) is 9.04. The number of carbonyl (C=O) groups excluding carboxylic acids is 3. The standard InChI is InChI=1S/C18H28N2O6/c1-10(19-16(25)26-17(2,3)4)13(21)11-6-5-7-12(11)14(22)20-18(8-9-18)15(23)24/h10-12H,5-9H2,1-4H3,(H,19,25)(H,20,22)(H,23,24). The summed E-state index contributed by atoms with van der Waals surface area (Å²) in [7, 11) is 0. The van der Waals surface area contributed by atoms with Crippen molar-refractivity contribution in [3.05, 3.63) is 0 Å². The first-order valence-corrected chi connectivity index (χ1v) is 9.04. The molecule has 146 valence electrons. The number of amides is 2. The Labute approximate surface area is 153 Å². The van der Waals surface area contributed by atoms with Gasteiger partial charge in [0, 0.05) is 11.8 Å². The molecule has 8 nitrogen and oxygen atoms in total. The van der Waals surface area contributed by atoms with Gasteiger partial charge in [-0.05, 0) is 53.4 Å². The number of alkyl carbamates (subject to hydrolysis) is 1. The van der Waals surface area contributed by atoms with Crippen molar-refractivity contribution >= 4 is 23.8 Å².